The number of methoxy groups -OCH3 is 1. The van der Waals surface area contributed by atoms with E-state index in [2.05, 4.69) is 5.32 Å². The molecule has 0 aliphatic rings. The topological polar surface area (TPSA) is 58.6 Å². The van der Waals surface area contributed by atoms with Crippen molar-refractivity contribution in [3.63, 3.8) is 0 Å². The lowest BCUT2D eigenvalue weighted by molar-refractivity contribution is 0.0916. The molecule has 112 valence electrons. The van der Waals surface area contributed by atoms with Gasteiger partial charge in [-0.15, -0.1) is 11.3 Å². The molecule has 1 aromatic heterocycles. The van der Waals surface area contributed by atoms with Gasteiger partial charge in [0, 0.05) is 19.2 Å². The predicted octanol–water partition coefficient (Wildman–Crippen LogP) is 2.67. The van der Waals surface area contributed by atoms with Gasteiger partial charge in [0.05, 0.1) is 17.6 Å². The van der Waals surface area contributed by atoms with E-state index in [9.17, 15) is 9.90 Å². The van der Waals surface area contributed by atoms with E-state index in [1.54, 1.807) is 7.11 Å². The molecular weight excluding hydrogens is 286 g/mol. The van der Waals surface area contributed by atoms with Crippen LogP contribution in [-0.4, -0.2) is 24.7 Å². The fourth-order valence-electron chi connectivity index (χ4n) is 2.07. The SMILES string of the molecule is COCc1ccsc1C(=O)NCC(O)c1cccc(C)c1. The Bertz CT molecular complexity index is 609. The second-order valence-electron chi connectivity index (χ2n) is 4.85. The number of aliphatic hydroxyl groups is 1. The molecule has 1 atom stereocenters. The van der Waals surface area contributed by atoms with Crippen LogP contribution in [0.3, 0.4) is 0 Å². The zero-order chi connectivity index (χ0) is 15.2. The van der Waals surface area contributed by atoms with Crippen molar-refractivity contribution in [3.8, 4) is 0 Å². The summed E-state index contributed by atoms with van der Waals surface area (Å²) in [5, 5.41) is 14.8. The summed E-state index contributed by atoms with van der Waals surface area (Å²) in [6.45, 7) is 2.57. The molecule has 2 rings (SSSR count). The standard InChI is InChI=1S/C16H19NO3S/c1-11-4-3-5-12(8-11)14(18)9-17-16(19)15-13(10-20-2)6-7-21-15/h3-8,14,18H,9-10H2,1-2H3,(H,17,19). The van der Waals surface area contributed by atoms with E-state index in [0.717, 1.165) is 16.7 Å². The number of ether oxygens (including phenoxy) is 1. The number of carbonyl (C=O) groups excluding carboxylic acids is 1. The van der Waals surface area contributed by atoms with Crippen LogP contribution in [0.1, 0.15) is 32.5 Å². The Labute approximate surface area is 128 Å². The summed E-state index contributed by atoms with van der Waals surface area (Å²) in [5.41, 5.74) is 2.75. The number of thiophene rings is 1. The van der Waals surface area contributed by atoms with Gasteiger partial charge in [-0.2, -0.15) is 0 Å². The molecule has 0 spiro atoms. The molecule has 21 heavy (non-hydrogen) atoms. The lowest BCUT2D eigenvalue weighted by Gasteiger charge is -2.13. The van der Waals surface area contributed by atoms with Crippen LogP contribution in [0.2, 0.25) is 0 Å². The van der Waals surface area contributed by atoms with E-state index in [-0.39, 0.29) is 12.5 Å². The monoisotopic (exact) mass is 305 g/mol. The number of aryl methyl sites for hydroxylation is 1. The molecule has 1 heterocycles. The molecular formula is C16H19NO3S. The fourth-order valence-corrected chi connectivity index (χ4v) is 2.89. The Morgan fingerprint density at radius 2 is 2.24 bits per heavy atom. The Morgan fingerprint density at radius 3 is 2.95 bits per heavy atom. The maximum Gasteiger partial charge on any atom is 0.261 e. The van der Waals surface area contributed by atoms with Crippen molar-refractivity contribution >= 4 is 17.2 Å². The van der Waals surface area contributed by atoms with Gasteiger partial charge < -0.3 is 15.2 Å². The predicted molar refractivity (Wildman–Crippen MR) is 83.5 cm³/mol. The Balaban J connectivity index is 1.96. The molecule has 0 aliphatic carbocycles. The first-order valence-electron chi connectivity index (χ1n) is 6.70. The fraction of sp³-hybridized carbons (Fsp3) is 0.312. The van der Waals surface area contributed by atoms with Gasteiger partial charge in [-0.1, -0.05) is 29.8 Å². The van der Waals surface area contributed by atoms with Gasteiger partial charge in [-0.25, -0.2) is 0 Å². The number of nitrogens with one attached hydrogen (secondary N) is 1. The summed E-state index contributed by atoms with van der Waals surface area (Å²) < 4.78 is 5.06. The van der Waals surface area contributed by atoms with Gasteiger partial charge in [0.15, 0.2) is 0 Å². The van der Waals surface area contributed by atoms with Crippen LogP contribution in [0.25, 0.3) is 0 Å². The molecule has 5 heteroatoms. The van der Waals surface area contributed by atoms with Gasteiger partial charge >= 0.3 is 0 Å². The molecule has 1 aromatic carbocycles. The Kier molecular flexibility index (Phi) is 5.50. The largest absolute Gasteiger partial charge is 0.387 e. The zero-order valence-electron chi connectivity index (χ0n) is 12.1. The minimum atomic E-state index is -0.709. The smallest absolute Gasteiger partial charge is 0.261 e. The van der Waals surface area contributed by atoms with Crippen molar-refractivity contribution in [2.24, 2.45) is 0 Å². The lowest BCUT2D eigenvalue weighted by atomic mass is 10.1. The molecule has 0 aliphatic heterocycles. The highest BCUT2D eigenvalue weighted by Crippen LogP contribution is 2.18. The van der Waals surface area contributed by atoms with Crippen molar-refractivity contribution in [2.45, 2.75) is 19.6 Å². The molecule has 0 saturated carbocycles. The van der Waals surface area contributed by atoms with Crippen LogP contribution < -0.4 is 5.32 Å². The van der Waals surface area contributed by atoms with Crippen LogP contribution in [-0.2, 0) is 11.3 Å². The molecule has 0 radical (unpaired) electrons. The van der Waals surface area contributed by atoms with Crippen LogP contribution in [0.15, 0.2) is 35.7 Å². The van der Waals surface area contributed by atoms with E-state index >= 15 is 0 Å². The van der Waals surface area contributed by atoms with Crippen molar-refractivity contribution in [1.29, 1.82) is 0 Å². The van der Waals surface area contributed by atoms with Crippen molar-refractivity contribution < 1.29 is 14.6 Å². The third-order valence-electron chi connectivity index (χ3n) is 3.14. The Morgan fingerprint density at radius 1 is 1.43 bits per heavy atom. The van der Waals surface area contributed by atoms with Gasteiger partial charge in [-0.3, -0.25) is 4.79 Å². The summed E-state index contributed by atoms with van der Waals surface area (Å²) >= 11 is 1.37. The van der Waals surface area contributed by atoms with E-state index in [4.69, 9.17) is 4.74 Å². The minimum absolute atomic E-state index is 0.177. The number of amides is 1. The third-order valence-corrected chi connectivity index (χ3v) is 4.09. The van der Waals surface area contributed by atoms with Crippen molar-refractivity contribution in [2.75, 3.05) is 13.7 Å². The van der Waals surface area contributed by atoms with E-state index in [1.807, 2.05) is 42.6 Å². The normalized spacial score (nSPS) is 12.1. The van der Waals surface area contributed by atoms with Crippen LogP contribution >= 0.6 is 11.3 Å². The first-order chi connectivity index (χ1) is 10.1. The molecule has 4 nitrogen and oxygen atoms in total. The maximum atomic E-state index is 12.1. The molecule has 2 N–H and O–H groups in total. The summed E-state index contributed by atoms with van der Waals surface area (Å²) in [6.07, 6.45) is -0.709. The van der Waals surface area contributed by atoms with Crippen molar-refractivity contribution in [1.82, 2.24) is 5.32 Å². The number of benzene rings is 1. The second-order valence-corrected chi connectivity index (χ2v) is 5.76. The molecule has 1 unspecified atom stereocenters. The lowest BCUT2D eigenvalue weighted by Crippen LogP contribution is -2.28. The number of hydrogen-bond acceptors (Lipinski definition) is 4. The average molecular weight is 305 g/mol. The van der Waals surface area contributed by atoms with Gasteiger partial charge in [-0.05, 0) is 23.9 Å². The maximum absolute atomic E-state index is 12.1. The van der Waals surface area contributed by atoms with Gasteiger partial charge in [0.25, 0.3) is 5.91 Å². The van der Waals surface area contributed by atoms with E-state index < -0.39 is 6.10 Å². The van der Waals surface area contributed by atoms with Crippen LogP contribution in [0, 0.1) is 6.92 Å². The molecule has 2 aromatic rings. The second kappa shape index (κ2) is 7.36. The number of aliphatic hydroxyl groups excluding tert-OH is 1. The number of rotatable bonds is 6. The van der Waals surface area contributed by atoms with Gasteiger partial charge in [0.2, 0.25) is 0 Å². The number of carbonyl (C=O) groups is 1. The summed E-state index contributed by atoms with van der Waals surface area (Å²) in [4.78, 5) is 12.8. The highest BCUT2D eigenvalue weighted by atomic mass is 32.1. The summed E-state index contributed by atoms with van der Waals surface area (Å²) in [5.74, 6) is -0.177. The molecule has 0 fully saturated rings. The average Bonchev–Trinajstić information content (AvgIpc) is 2.93. The van der Waals surface area contributed by atoms with E-state index in [1.165, 1.54) is 11.3 Å². The van der Waals surface area contributed by atoms with E-state index in [0.29, 0.717) is 11.5 Å². The molecule has 0 saturated heterocycles. The summed E-state index contributed by atoms with van der Waals surface area (Å²) in [7, 11) is 1.60. The van der Waals surface area contributed by atoms with Crippen LogP contribution in [0.4, 0.5) is 0 Å². The van der Waals surface area contributed by atoms with Crippen LogP contribution in [0.5, 0.6) is 0 Å². The Hall–Kier alpha value is -1.69. The van der Waals surface area contributed by atoms with Crippen molar-refractivity contribution in [3.05, 3.63) is 57.3 Å². The highest BCUT2D eigenvalue weighted by molar-refractivity contribution is 7.12. The number of hydrogen-bond donors (Lipinski definition) is 2. The highest BCUT2D eigenvalue weighted by Gasteiger charge is 2.15. The quantitative estimate of drug-likeness (QED) is 0.862. The molecule has 0 bridgehead atoms. The summed E-state index contributed by atoms with van der Waals surface area (Å²) in [6, 6.07) is 9.51. The zero-order valence-corrected chi connectivity index (χ0v) is 12.9. The minimum Gasteiger partial charge on any atom is -0.387 e. The third kappa shape index (κ3) is 4.14. The molecule has 1 amide bonds. The first-order valence-corrected chi connectivity index (χ1v) is 7.58. The van der Waals surface area contributed by atoms with Gasteiger partial charge in [0.1, 0.15) is 0 Å². The first kappa shape index (κ1) is 15.7.